The maximum Gasteiger partial charge on any atom is 0.158 e. The van der Waals surface area contributed by atoms with Crippen LogP contribution in [0.25, 0.3) is 0 Å². The number of hydrogen-bond donors (Lipinski definition) is 0. The fourth-order valence-corrected chi connectivity index (χ4v) is 3.80. The smallest absolute Gasteiger partial charge is 0.158 e. The van der Waals surface area contributed by atoms with Crippen molar-refractivity contribution in [2.45, 2.75) is 36.0 Å². The van der Waals surface area contributed by atoms with E-state index >= 15 is 0 Å². The van der Waals surface area contributed by atoms with Crippen LogP contribution in [0.1, 0.15) is 25.3 Å². The van der Waals surface area contributed by atoms with Crippen molar-refractivity contribution >= 4 is 21.7 Å². The van der Waals surface area contributed by atoms with Gasteiger partial charge in [0.15, 0.2) is 5.78 Å². The van der Waals surface area contributed by atoms with E-state index in [1.165, 1.54) is 0 Å². The Kier molecular flexibility index (Phi) is 4.55. The average molecular weight is 340 g/mol. The third kappa shape index (κ3) is 2.40. The van der Waals surface area contributed by atoms with E-state index in [-0.39, 0.29) is 10.9 Å². The van der Waals surface area contributed by atoms with E-state index in [2.05, 4.69) is 27.8 Å². The van der Waals surface area contributed by atoms with Crippen LogP contribution in [0.15, 0.2) is 24.3 Å². The molecule has 0 aromatic heterocycles. The van der Waals surface area contributed by atoms with Gasteiger partial charge in [-0.05, 0) is 51.6 Å². The minimum absolute atomic E-state index is 0.0352. The standard InChI is InChI=1S/C16H22BrNO2/c1-11(18(2)3)16(10-9-14(17)15(16)19)12-5-7-13(20-4)8-6-12/h5-8,11,14H,9-10H2,1-4H3. The highest BCUT2D eigenvalue weighted by atomic mass is 79.9. The molecule has 0 saturated heterocycles. The second-order valence-corrected chi connectivity index (χ2v) is 6.82. The molecule has 1 aliphatic rings. The summed E-state index contributed by atoms with van der Waals surface area (Å²) in [5.41, 5.74) is 0.663. The molecule has 1 saturated carbocycles. The molecule has 0 amide bonds. The number of nitrogens with zero attached hydrogens (tertiary/aromatic N) is 1. The van der Waals surface area contributed by atoms with Gasteiger partial charge in [0.2, 0.25) is 0 Å². The molecule has 0 aliphatic heterocycles. The molecule has 2 rings (SSSR count). The Bertz CT molecular complexity index is 486. The van der Waals surface area contributed by atoms with Crippen molar-refractivity contribution < 1.29 is 9.53 Å². The molecular formula is C16H22BrNO2. The molecule has 3 atom stereocenters. The minimum Gasteiger partial charge on any atom is -0.497 e. The number of hydrogen-bond acceptors (Lipinski definition) is 3. The highest BCUT2D eigenvalue weighted by Crippen LogP contribution is 2.45. The van der Waals surface area contributed by atoms with Gasteiger partial charge in [0, 0.05) is 6.04 Å². The van der Waals surface area contributed by atoms with Crippen molar-refractivity contribution in [3.8, 4) is 5.75 Å². The van der Waals surface area contributed by atoms with Crippen molar-refractivity contribution in [1.29, 1.82) is 0 Å². The highest BCUT2D eigenvalue weighted by molar-refractivity contribution is 9.10. The van der Waals surface area contributed by atoms with Gasteiger partial charge in [-0.3, -0.25) is 4.79 Å². The molecule has 4 heteroatoms. The van der Waals surface area contributed by atoms with Crippen LogP contribution in [0.5, 0.6) is 5.75 Å². The number of ketones is 1. The van der Waals surface area contributed by atoms with Crippen LogP contribution in [-0.2, 0) is 10.2 Å². The number of ether oxygens (including phenoxy) is 1. The van der Waals surface area contributed by atoms with Crippen molar-refractivity contribution in [2.24, 2.45) is 0 Å². The van der Waals surface area contributed by atoms with Crippen LogP contribution in [-0.4, -0.2) is 42.8 Å². The van der Waals surface area contributed by atoms with Gasteiger partial charge in [-0.15, -0.1) is 0 Å². The van der Waals surface area contributed by atoms with Crippen molar-refractivity contribution in [3.63, 3.8) is 0 Å². The van der Waals surface area contributed by atoms with Crippen molar-refractivity contribution in [3.05, 3.63) is 29.8 Å². The lowest BCUT2D eigenvalue weighted by Crippen LogP contribution is -2.50. The van der Waals surface area contributed by atoms with E-state index in [4.69, 9.17) is 4.74 Å². The van der Waals surface area contributed by atoms with Gasteiger partial charge in [-0.25, -0.2) is 0 Å². The largest absolute Gasteiger partial charge is 0.497 e. The molecule has 0 bridgehead atoms. The summed E-state index contributed by atoms with van der Waals surface area (Å²) in [5.74, 6) is 1.12. The molecule has 3 unspecified atom stereocenters. The SMILES string of the molecule is COc1ccc(C2(C(C)N(C)C)CCC(Br)C2=O)cc1. The molecule has 20 heavy (non-hydrogen) atoms. The van der Waals surface area contributed by atoms with Crippen molar-refractivity contribution in [1.82, 2.24) is 4.90 Å². The van der Waals surface area contributed by atoms with Gasteiger partial charge in [0.1, 0.15) is 5.75 Å². The number of carbonyl (C=O) groups is 1. The fourth-order valence-electron chi connectivity index (χ4n) is 3.16. The van der Waals surface area contributed by atoms with E-state index in [0.717, 1.165) is 24.2 Å². The normalized spacial score (nSPS) is 27.9. The van der Waals surface area contributed by atoms with Crippen LogP contribution in [0.2, 0.25) is 0 Å². The summed E-state index contributed by atoms with van der Waals surface area (Å²) in [6.45, 7) is 2.13. The summed E-state index contributed by atoms with van der Waals surface area (Å²) in [4.78, 5) is 14.9. The summed E-state index contributed by atoms with van der Waals surface area (Å²) in [6.07, 6.45) is 1.77. The van der Waals surface area contributed by atoms with E-state index in [1.54, 1.807) is 7.11 Å². The lowest BCUT2D eigenvalue weighted by Gasteiger charge is -2.38. The van der Waals surface area contributed by atoms with Crippen LogP contribution in [0.3, 0.4) is 0 Å². The Morgan fingerprint density at radius 1 is 1.35 bits per heavy atom. The summed E-state index contributed by atoms with van der Waals surface area (Å²) in [6, 6.07) is 8.09. The molecule has 0 spiro atoms. The van der Waals surface area contributed by atoms with Gasteiger partial charge >= 0.3 is 0 Å². The lowest BCUT2D eigenvalue weighted by molar-refractivity contribution is -0.123. The third-order valence-corrected chi connectivity index (χ3v) is 5.48. The van der Waals surface area contributed by atoms with Crippen molar-refractivity contribution in [2.75, 3.05) is 21.2 Å². The van der Waals surface area contributed by atoms with Crippen LogP contribution in [0.4, 0.5) is 0 Å². The van der Waals surface area contributed by atoms with Gasteiger partial charge in [0.25, 0.3) is 0 Å². The quantitative estimate of drug-likeness (QED) is 0.789. The van der Waals surface area contributed by atoms with Crippen LogP contribution in [0, 0.1) is 0 Å². The van der Waals surface area contributed by atoms with Gasteiger partial charge in [-0.2, -0.15) is 0 Å². The molecule has 3 nitrogen and oxygen atoms in total. The van der Waals surface area contributed by atoms with Crippen LogP contribution < -0.4 is 4.74 Å². The molecule has 0 radical (unpaired) electrons. The topological polar surface area (TPSA) is 29.5 Å². The molecule has 0 heterocycles. The number of halogens is 1. The number of carbonyl (C=O) groups excluding carboxylic acids is 1. The fraction of sp³-hybridized carbons (Fsp3) is 0.562. The Morgan fingerprint density at radius 3 is 2.35 bits per heavy atom. The molecule has 1 aromatic rings. The Hall–Kier alpha value is -0.870. The number of Topliss-reactive ketones (excluding diaryl/α,β-unsaturated/α-hetero) is 1. The Labute approximate surface area is 129 Å². The summed E-state index contributed by atoms with van der Waals surface area (Å²) >= 11 is 3.53. The molecule has 0 N–H and O–H groups in total. The summed E-state index contributed by atoms with van der Waals surface area (Å²) < 4.78 is 5.22. The first kappa shape index (κ1) is 15.5. The molecule has 1 aliphatic carbocycles. The van der Waals surface area contributed by atoms with Gasteiger partial charge < -0.3 is 9.64 Å². The number of likely N-dealkylation sites (N-methyl/N-ethyl adjacent to an activating group) is 1. The number of benzene rings is 1. The number of rotatable bonds is 4. The molecule has 110 valence electrons. The zero-order valence-electron chi connectivity index (χ0n) is 12.5. The second-order valence-electron chi connectivity index (χ2n) is 5.71. The monoisotopic (exact) mass is 339 g/mol. The van der Waals surface area contributed by atoms with Crippen LogP contribution >= 0.6 is 15.9 Å². The first-order valence-electron chi connectivity index (χ1n) is 6.93. The molecule has 1 aromatic carbocycles. The maximum atomic E-state index is 12.8. The second kappa shape index (κ2) is 5.86. The molecular weight excluding hydrogens is 318 g/mol. The molecule has 1 fully saturated rings. The zero-order valence-corrected chi connectivity index (χ0v) is 14.1. The van der Waals surface area contributed by atoms with E-state index in [1.807, 2.05) is 38.4 Å². The number of alkyl halides is 1. The zero-order chi connectivity index (χ0) is 14.9. The Balaban J connectivity index is 2.49. The number of methoxy groups -OCH3 is 1. The first-order valence-corrected chi connectivity index (χ1v) is 7.84. The van der Waals surface area contributed by atoms with Gasteiger partial charge in [0.05, 0.1) is 17.4 Å². The van der Waals surface area contributed by atoms with E-state index in [9.17, 15) is 4.79 Å². The first-order chi connectivity index (χ1) is 9.43. The third-order valence-electron chi connectivity index (χ3n) is 4.61. The minimum atomic E-state index is -0.427. The average Bonchev–Trinajstić information content (AvgIpc) is 2.75. The summed E-state index contributed by atoms with van der Waals surface area (Å²) in [5, 5.41) is 0. The maximum absolute atomic E-state index is 12.8. The predicted molar refractivity (Wildman–Crippen MR) is 84.8 cm³/mol. The Morgan fingerprint density at radius 2 is 1.95 bits per heavy atom. The van der Waals surface area contributed by atoms with Gasteiger partial charge in [-0.1, -0.05) is 28.1 Å². The summed E-state index contributed by atoms with van der Waals surface area (Å²) in [7, 11) is 5.72. The lowest BCUT2D eigenvalue weighted by atomic mass is 9.72. The van der Waals surface area contributed by atoms with E-state index in [0.29, 0.717) is 5.78 Å². The highest BCUT2D eigenvalue weighted by Gasteiger charge is 2.52. The van der Waals surface area contributed by atoms with E-state index < -0.39 is 5.41 Å². The predicted octanol–water partition coefficient (Wildman–Crippen LogP) is 3.01.